The van der Waals surface area contributed by atoms with Gasteiger partial charge in [-0.15, -0.1) is 24.8 Å². The molecule has 0 aromatic heterocycles. The van der Waals surface area contributed by atoms with Crippen LogP contribution in [0.4, 0.5) is 11.4 Å². The van der Waals surface area contributed by atoms with Crippen molar-refractivity contribution in [2.75, 3.05) is 30.8 Å². The van der Waals surface area contributed by atoms with Crippen molar-refractivity contribution in [1.82, 2.24) is 4.90 Å². The van der Waals surface area contributed by atoms with Gasteiger partial charge >= 0.3 is 0 Å². The number of anilines is 2. The average molecular weight is 334 g/mol. The molecule has 1 amide bonds. The molecule has 4 nitrogen and oxygen atoms in total. The van der Waals surface area contributed by atoms with Gasteiger partial charge in [0.2, 0.25) is 5.91 Å². The van der Waals surface area contributed by atoms with Crippen LogP contribution in [-0.4, -0.2) is 37.0 Å². The van der Waals surface area contributed by atoms with Gasteiger partial charge in [-0.1, -0.05) is 6.07 Å². The van der Waals surface area contributed by atoms with E-state index in [4.69, 9.17) is 5.73 Å². The van der Waals surface area contributed by atoms with E-state index in [1.54, 1.807) is 0 Å². The van der Waals surface area contributed by atoms with Crippen LogP contribution in [0.15, 0.2) is 18.2 Å². The number of fused-ring (bicyclic) bond motifs is 1. The van der Waals surface area contributed by atoms with Crippen molar-refractivity contribution < 1.29 is 4.79 Å². The lowest BCUT2D eigenvalue weighted by molar-refractivity contribution is -0.119. The van der Waals surface area contributed by atoms with E-state index in [-0.39, 0.29) is 30.7 Å². The Morgan fingerprint density at radius 3 is 2.67 bits per heavy atom. The topological polar surface area (TPSA) is 49.6 Å². The van der Waals surface area contributed by atoms with E-state index in [1.807, 2.05) is 30.1 Å². The molecule has 0 saturated carbocycles. The lowest BCUT2D eigenvalue weighted by atomic mass is 10.00. The minimum atomic E-state index is 0. The van der Waals surface area contributed by atoms with Crippen molar-refractivity contribution in [3.8, 4) is 0 Å². The Morgan fingerprint density at radius 1 is 1.38 bits per heavy atom. The van der Waals surface area contributed by atoms with Crippen LogP contribution in [0.3, 0.4) is 0 Å². The number of carbonyl (C=O) groups is 1. The van der Waals surface area contributed by atoms with E-state index in [1.165, 1.54) is 0 Å². The third kappa shape index (κ3) is 4.50. The quantitative estimate of drug-likeness (QED) is 0.865. The van der Waals surface area contributed by atoms with Crippen LogP contribution < -0.4 is 10.6 Å². The summed E-state index contributed by atoms with van der Waals surface area (Å²) >= 11 is 0. The van der Waals surface area contributed by atoms with Crippen LogP contribution in [0, 0.1) is 0 Å². The highest BCUT2D eigenvalue weighted by Crippen LogP contribution is 2.31. The van der Waals surface area contributed by atoms with Gasteiger partial charge in [-0.3, -0.25) is 9.69 Å². The second kappa shape index (κ2) is 8.47. The highest BCUT2D eigenvalue weighted by Gasteiger charge is 2.24. The number of halogens is 2. The van der Waals surface area contributed by atoms with Crippen LogP contribution in [-0.2, 0) is 11.2 Å². The molecule has 0 fully saturated rings. The summed E-state index contributed by atoms with van der Waals surface area (Å²) in [4.78, 5) is 16.4. The number of nitrogen functional groups attached to an aromatic ring is 1. The van der Waals surface area contributed by atoms with Gasteiger partial charge in [0.05, 0.1) is 6.54 Å². The Morgan fingerprint density at radius 2 is 2.05 bits per heavy atom. The van der Waals surface area contributed by atoms with Crippen molar-refractivity contribution in [3.05, 3.63) is 23.8 Å². The van der Waals surface area contributed by atoms with Crippen molar-refractivity contribution in [2.45, 2.75) is 32.7 Å². The first-order chi connectivity index (χ1) is 9.00. The lowest BCUT2D eigenvalue weighted by Crippen LogP contribution is -2.43. The van der Waals surface area contributed by atoms with E-state index < -0.39 is 0 Å². The van der Waals surface area contributed by atoms with Crippen molar-refractivity contribution in [1.29, 1.82) is 0 Å². The Labute approximate surface area is 139 Å². The number of carbonyl (C=O) groups excluding carboxylic acids is 1. The molecule has 0 unspecified atom stereocenters. The number of nitrogens with zero attached hydrogens (tertiary/aromatic N) is 2. The molecule has 120 valence electrons. The molecular weight excluding hydrogens is 309 g/mol. The second-order valence-electron chi connectivity index (χ2n) is 5.50. The van der Waals surface area contributed by atoms with Crippen LogP contribution >= 0.6 is 24.8 Å². The molecule has 1 aliphatic heterocycles. The normalized spacial score (nSPS) is 13.5. The van der Waals surface area contributed by atoms with Crippen LogP contribution in [0.5, 0.6) is 0 Å². The number of benzene rings is 1. The van der Waals surface area contributed by atoms with Crippen LogP contribution in [0.2, 0.25) is 0 Å². The van der Waals surface area contributed by atoms with Gasteiger partial charge in [-0.05, 0) is 51.4 Å². The molecule has 0 saturated heterocycles. The molecule has 21 heavy (non-hydrogen) atoms. The van der Waals surface area contributed by atoms with E-state index in [9.17, 15) is 4.79 Å². The predicted octanol–water partition coefficient (Wildman–Crippen LogP) is 2.73. The lowest BCUT2D eigenvalue weighted by Gasteiger charge is -2.32. The van der Waals surface area contributed by atoms with Crippen molar-refractivity contribution in [3.63, 3.8) is 0 Å². The summed E-state index contributed by atoms with van der Waals surface area (Å²) in [5, 5.41) is 0. The summed E-state index contributed by atoms with van der Waals surface area (Å²) in [5.41, 5.74) is 8.92. The van der Waals surface area contributed by atoms with Gasteiger partial charge in [-0.25, -0.2) is 0 Å². The number of hydrogen-bond acceptors (Lipinski definition) is 3. The Kier molecular flexibility index (Phi) is 8.08. The van der Waals surface area contributed by atoms with Gasteiger partial charge < -0.3 is 10.6 Å². The van der Waals surface area contributed by atoms with Gasteiger partial charge in [0, 0.05) is 24.0 Å². The molecule has 1 heterocycles. The van der Waals surface area contributed by atoms with Crippen molar-refractivity contribution in [2.24, 2.45) is 0 Å². The number of rotatable bonds is 3. The van der Waals surface area contributed by atoms with Gasteiger partial charge in [0.1, 0.15) is 0 Å². The first-order valence-electron chi connectivity index (χ1n) is 6.88. The zero-order valence-electron chi connectivity index (χ0n) is 12.8. The molecule has 0 aliphatic carbocycles. The maximum atomic E-state index is 12.4. The first kappa shape index (κ1) is 20.0. The predicted molar refractivity (Wildman–Crippen MR) is 93.8 cm³/mol. The fraction of sp³-hybridized carbons (Fsp3) is 0.533. The van der Waals surface area contributed by atoms with Crippen molar-refractivity contribution >= 4 is 42.1 Å². The third-order valence-electron chi connectivity index (χ3n) is 3.85. The zero-order valence-corrected chi connectivity index (χ0v) is 14.5. The molecule has 0 atom stereocenters. The van der Waals surface area contributed by atoms with Gasteiger partial charge in [-0.2, -0.15) is 0 Å². The summed E-state index contributed by atoms with van der Waals surface area (Å²) in [6.45, 7) is 5.43. The summed E-state index contributed by atoms with van der Waals surface area (Å²) < 4.78 is 0. The number of nitrogens with two attached hydrogens (primary N) is 1. The highest BCUT2D eigenvalue weighted by molar-refractivity contribution is 5.96. The molecule has 0 radical (unpaired) electrons. The maximum absolute atomic E-state index is 12.4. The molecule has 2 N–H and O–H groups in total. The molecule has 1 aromatic rings. The summed E-state index contributed by atoms with van der Waals surface area (Å²) in [5.74, 6) is 0.155. The Balaban J connectivity index is 0.00000200. The number of likely N-dealkylation sites (N-methyl/N-ethyl adjacent to an activating group) is 1. The zero-order chi connectivity index (χ0) is 14.0. The highest BCUT2D eigenvalue weighted by atomic mass is 35.5. The van der Waals surface area contributed by atoms with Crippen LogP contribution in [0.1, 0.15) is 25.8 Å². The summed E-state index contributed by atoms with van der Waals surface area (Å²) in [6, 6.07) is 6.20. The first-order valence-corrected chi connectivity index (χ1v) is 6.88. The smallest absolute Gasteiger partial charge is 0.241 e. The fourth-order valence-electron chi connectivity index (χ4n) is 2.39. The van der Waals surface area contributed by atoms with E-state index in [0.717, 1.165) is 36.3 Å². The molecule has 6 heteroatoms. The molecule has 0 spiro atoms. The molecule has 1 aromatic carbocycles. The van der Waals surface area contributed by atoms with Gasteiger partial charge in [0.15, 0.2) is 0 Å². The second-order valence-corrected chi connectivity index (χ2v) is 5.50. The third-order valence-corrected chi connectivity index (χ3v) is 3.85. The molecule has 1 aliphatic rings. The Bertz CT molecular complexity index is 480. The SMILES string of the molecule is CC(C)N(C)CC(=O)N1CCCc2c(N)cccc21.Cl.Cl. The number of amides is 1. The molecular formula is C15H25Cl2N3O. The van der Waals surface area contributed by atoms with Gasteiger partial charge in [0.25, 0.3) is 0 Å². The molecule has 2 rings (SSSR count). The van der Waals surface area contributed by atoms with E-state index >= 15 is 0 Å². The standard InChI is InChI=1S/C15H23N3O.2ClH/c1-11(2)17(3)10-15(19)18-9-5-6-12-13(16)7-4-8-14(12)18;;/h4,7-8,11H,5-6,9-10,16H2,1-3H3;2*1H. The van der Waals surface area contributed by atoms with E-state index in [2.05, 4.69) is 18.7 Å². The summed E-state index contributed by atoms with van der Waals surface area (Å²) in [7, 11) is 1.98. The minimum Gasteiger partial charge on any atom is -0.398 e. The average Bonchev–Trinajstić information content (AvgIpc) is 2.38. The van der Waals surface area contributed by atoms with E-state index in [0.29, 0.717) is 12.6 Å². The Hall–Kier alpha value is -0.970. The molecule has 0 bridgehead atoms. The maximum Gasteiger partial charge on any atom is 0.241 e. The monoisotopic (exact) mass is 333 g/mol. The fourth-order valence-corrected chi connectivity index (χ4v) is 2.39. The number of hydrogen-bond donors (Lipinski definition) is 1. The minimum absolute atomic E-state index is 0. The summed E-state index contributed by atoms with van der Waals surface area (Å²) in [6.07, 6.45) is 1.95. The largest absolute Gasteiger partial charge is 0.398 e. The van der Waals surface area contributed by atoms with Crippen LogP contribution in [0.25, 0.3) is 0 Å².